The molecule has 1 amide bonds. The molecule has 1 atom stereocenters. The predicted octanol–water partition coefficient (Wildman–Crippen LogP) is 8.09. The van der Waals surface area contributed by atoms with Crippen molar-refractivity contribution in [2.45, 2.75) is 142 Å². The smallest absolute Gasteiger partial charge is 0.407 e. The maximum Gasteiger partial charge on any atom is 0.407 e. The minimum absolute atomic E-state index is 0.255. The van der Waals surface area contributed by atoms with E-state index < -0.39 is 0 Å². The van der Waals surface area contributed by atoms with Gasteiger partial charge in [0.1, 0.15) is 0 Å². The molecule has 0 aliphatic rings. The van der Waals surface area contributed by atoms with Gasteiger partial charge in [-0.1, -0.05) is 117 Å². The molecule has 0 spiro atoms. The number of carbonyl (C=O) groups excluding carboxylic acids is 1. The summed E-state index contributed by atoms with van der Waals surface area (Å²) in [5.74, 6) is 0. The second-order valence-electron chi connectivity index (χ2n) is 9.56. The highest BCUT2D eigenvalue weighted by Gasteiger charge is 2.12. The number of hydrogen-bond acceptors (Lipinski definition) is 3. The van der Waals surface area contributed by atoms with Crippen molar-refractivity contribution in [3.05, 3.63) is 0 Å². The lowest BCUT2D eigenvalue weighted by molar-refractivity contribution is 0.129. The van der Waals surface area contributed by atoms with Gasteiger partial charge in [-0.2, -0.15) is 0 Å². The Morgan fingerprint density at radius 3 is 1.61 bits per heavy atom. The van der Waals surface area contributed by atoms with Gasteiger partial charge < -0.3 is 15.0 Å². The molecule has 186 valence electrons. The summed E-state index contributed by atoms with van der Waals surface area (Å²) in [4.78, 5) is 14.0. The Hall–Kier alpha value is -0.770. The lowest BCUT2D eigenvalue weighted by Crippen LogP contribution is -2.31. The first-order valence-electron chi connectivity index (χ1n) is 13.7. The Balaban J connectivity index is 3.55. The second kappa shape index (κ2) is 23.9. The molecule has 0 aliphatic heterocycles. The Morgan fingerprint density at radius 2 is 1.13 bits per heavy atom. The molecule has 0 saturated carbocycles. The van der Waals surface area contributed by atoms with Crippen LogP contribution in [0.15, 0.2) is 0 Å². The van der Waals surface area contributed by atoms with Gasteiger partial charge in [0.25, 0.3) is 0 Å². The van der Waals surface area contributed by atoms with Gasteiger partial charge in [0.05, 0.1) is 6.61 Å². The Bertz CT molecular complexity index is 374. The Morgan fingerprint density at radius 1 is 0.677 bits per heavy atom. The van der Waals surface area contributed by atoms with Gasteiger partial charge >= 0.3 is 6.09 Å². The monoisotopic (exact) mass is 440 g/mol. The summed E-state index contributed by atoms with van der Waals surface area (Å²) in [6.45, 7) is 5.73. The molecule has 0 rings (SSSR count). The summed E-state index contributed by atoms with van der Waals surface area (Å²) < 4.78 is 5.37. The molecule has 0 aromatic heterocycles. The number of amides is 1. The average Bonchev–Trinajstić information content (AvgIpc) is 2.75. The van der Waals surface area contributed by atoms with E-state index in [0.717, 1.165) is 19.4 Å². The van der Waals surface area contributed by atoms with Crippen molar-refractivity contribution in [3.8, 4) is 0 Å². The van der Waals surface area contributed by atoms with Crippen molar-refractivity contribution < 1.29 is 9.53 Å². The maximum absolute atomic E-state index is 11.8. The molecule has 0 aromatic rings. The van der Waals surface area contributed by atoms with Gasteiger partial charge in [-0.05, 0) is 33.4 Å². The largest absolute Gasteiger partial charge is 0.450 e. The first-order valence-corrected chi connectivity index (χ1v) is 13.7. The van der Waals surface area contributed by atoms with Gasteiger partial charge in [0.15, 0.2) is 0 Å². The fraction of sp³-hybridized carbons (Fsp3) is 0.963. The first-order chi connectivity index (χ1) is 15.1. The van der Waals surface area contributed by atoms with E-state index in [1.165, 1.54) is 109 Å². The third-order valence-corrected chi connectivity index (χ3v) is 6.36. The molecule has 1 N–H and O–H groups in total. The molecular formula is C27H56N2O2. The molecule has 0 bridgehead atoms. The van der Waals surface area contributed by atoms with Crippen LogP contribution in [-0.4, -0.2) is 44.3 Å². The van der Waals surface area contributed by atoms with Crippen LogP contribution in [-0.2, 0) is 4.74 Å². The number of nitrogens with zero attached hydrogens (tertiary/aromatic N) is 1. The van der Waals surface area contributed by atoms with Crippen molar-refractivity contribution in [2.75, 3.05) is 27.2 Å². The summed E-state index contributed by atoms with van der Waals surface area (Å²) in [6.07, 6.45) is 24.7. The molecule has 0 aliphatic carbocycles. The minimum Gasteiger partial charge on any atom is -0.450 e. The van der Waals surface area contributed by atoms with Crippen molar-refractivity contribution in [1.82, 2.24) is 10.2 Å². The predicted molar refractivity (Wildman–Crippen MR) is 136 cm³/mol. The van der Waals surface area contributed by atoms with Crippen LogP contribution in [0.5, 0.6) is 0 Å². The van der Waals surface area contributed by atoms with Crippen LogP contribution in [0.2, 0.25) is 0 Å². The molecule has 31 heavy (non-hydrogen) atoms. The zero-order chi connectivity index (χ0) is 23.0. The number of unbranched alkanes of at least 4 members (excludes halogenated alkanes) is 15. The van der Waals surface area contributed by atoms with Crippen LogP contribution in [0.1, 0.15) is 136 Å². The van der Waals surface area contributed by atoms with Crippen LogP contribution >= 0.6 is 0 Å². The topological polar surface area (TPSA) is 41.6 Å². The zero-order valence-corrected chi connectivity index (χ0v) is 21.7. The molecule has 0 saturated heterocycles. The van der Waals surface area contributed by atoms with E-state index in [2.05, 4.69) is 38.2 Å². The van der Waals surface area contributed by atoms with E-state index in [4.69, 9.17) is 4.74 Å². The molecule has 1 unspecified atom stereocenters. The molecule has 0 fully saturated rings. The quantitative estimate of drug-likeness (QED) is 0.163. The van der Waals surface area contributed by atoms with Crippen LogP contribution in [0.4, 0.5) is 4.79 Å². The lowest BCUT2D eigenvalue weighted by atomic mass is 10.0. The number of nitrogens with one attached hydrogen (secondary N) is 1. The summed E-state index contributed by atoms with van der Waals surface area (Å²) in [7, 11) is 4.28. The number of ether oxygens (including phenoxy) is 1. The Labute approximate surface area is 195 Å². The second-order valence-corrected chi connectivity index (χ2v) is 9.56. The Kier molecular flexibility index (Phi) is 23.3. The van der Waals surface area contributed by atoms with E-state index in [9.17, 15) is 4.79 Å². The summed E-state index contributed by atoms with van der Waals surface area (Å²) in [5.41, 5.74) is 0. The molecule has 0 heterocycles. The van der Waals surface area contributed by atoms with Crippen LogP contribution in [0.25, 0.3) is 0 Å². The lowest BCUT2D eigenvalue weighted by Gasteiger charge is -2.24. The normalized spacial score (nSPS) is 12.3. The number of rotatable bonds is 23. The van der Waals surface area contributed by atoms with E-state index in [-0.39, 0.29) is 6.09 Å². The van der Waals surface area contributed by atoms with Crippen molar-refractivity contribution in [1.29, 1.82) is 0 Å². The number of alkyl carbamates (subject to hydrolysis) is 1. The number of carbonyl (C=O) groups is 1. The minimum atomic E-state index is -0.255. The summed E-state index contributed by atoms with van der Waals surface area (Å²) in [5, 5.41) is 2.87. The van der Waals surface area contributed by atoms with Crippen molar-refractivity contribution in [3.63, 3.8) is 0 Å². The SMILES string of the molecule is CCCCCCCCCCCCCCCC(CCOC(=O)NCCCCCC)N(C)C. The summed E-state index contributed by atoms with van der Waals surface area (Å²) >= 11 is 0. The molecule has 4 nitrogen and oxygen atoms in total. The molecule has 0 radical (unpaired) electrons. The highest BCUT2D eigenvalue weighted by atomic mass is 16.5. The van der Waals surface area contributed by atoms with Gasteiger partial charge in [-0.3, -0.25) is 0 Å². The van der Waals surface area contributed by atoms with Crippen LogP contribution < -0.4 is 5.32 Å². The van der Waals surface area contributed by atoms with Crippen LogP contribution in [0.3, 0.4) is 0 Å². The molecule has 4 heteroatoms. The van der Waals surface area contributed by atoms with Gasteiger partial charge in [-0.25, -0.2) is 4.79 Å². The standard InChI is InChI=1S/C27H56N2O2/c1-5-7-9-11-12-13-14-15-16-17-18-19-20-22-26(29(3)4)23-25-31-27(30)28-24-21-10-8-6-2/h26H,5-25H2,1-4H3,(H,28,30). The van der Waals surface area contributed by atoms with Crippen molar-refractivity contribution in [2.24, 2.45) is 0 Å². The zero-order valence-electron chi connectivity index (χ0n) is 21.7. The fourth-order valence-electron chi connectivity index (χ4n) is 4.14. The number of hydrogen-bond donors (Lipinski definition) is 1. The first kappa shape index (κ1) is 30.2. The summed E-state index contributed by atoms with van der Waals surface area (Å²) in [6, 6.07) is 0.505. The third-order valence-electron chi connectivity index (χ3n) is 6.36. The van der Waals surface area contributed by atoms with Gasteiger partial charge in [0.2, 0.25) is 0 Å². The van der Waals surface area contributed by atoms with Crippen LogP contribution in [0, 0.1) is 0 Å². The average molecular weight is 441 g/mol. The van der Waals surface area contributed by atoms with E-state index in [0.29, 0.717) is 12.6 Å². The fourth-order valence-corrected chi connectivity index (χ4v) is 4.14. The van der Waals surface area contributed by atoms with Crippen molar-refractivity contribution >= 4 is 6.09 Å². The molecule has 0 aromatic carbocycles. The molecular weight excluding hydrogens is 384 g/mol. The van der Waals surface area contributed by atoms with E-state index >= 15 is 0 Å². The van der Waals surface area contributed by atoms with Gasteiger partial charge in [0, 0.05) is 12.6 Å². The maximum atomic E-state index is 11.8. The third kappa shape index (κ3) is 22.2. The highest BCUT2D eigenvalue weighted by molar-refractivity contribution is 5.66. The van der Waals surface area contributed by atoms with E-state index in [1.807, 2.05) is 0 Å². The van der Waals surface area contributed by atoms with E-state index in [1.54, 1.807) is 0 Å². The van der Waals surface area contributed by atoms with Gasteiger partial charge in [-0.15, -0.1) is 0 Å². The highest BCUT2D eigenvalue weighted by Crippen LogP contribution is 2.15.